The molecule has 1 amide bonds. The minimum absolute atomic E-state index is 0.270. The van der Waals surface area contributed by atoms with Crippen LogP contribution in [0.15, 0.2) is 29.6 Å². The van der Waals surface area contributed by atoms with Crippen LogP contribution in [0, 0.1) is 11.8 Å². The van der Waals surface area contributed by atoms with E-state index in [9.17, 15) is 19.5 Å². The van der Waals surface area contributed by atoms with Gasteiger partial charge in [0.2, 0.25) is 5.91 Å². The summed E-state index contributed by atoms with van der Waals surface area (Å²) in [5, 5.41) is 15.0. The van der Waals surface area contributed by atoms with Crippen molar-refractivity contribution >= 4 is 45.8 Å². The number of amides is 1. The molecule has 3 rings (SSSR count). The molecular weight excluding hydrogens is 426 g/mol. The van der Waals surface area contributed by atoms with E-state index in [-0.39, 0.29) is 17.6 Å². The summed E-state index contributed by atoms with van der Waals surface area (Å²) >= 11 is 7.19. The lowest BCUT2D eigenvalue weighted by Gasteiger charge is -2.27. The van der Waals surface area contributed by atoms with Crippen molar-refractivity contribution in [2.75, 3.05) is 5.32 Å². The Morgan fingerprint density at radius 2 is 1.77 bits per heavy atom. The number of halogens is 1. The van der Waals surface area contributed by atoms with E-state index in [1.807, 2.05) is 0 Å². The molecule has 0 unspecified atom stereocenters. The average Bonchev–Trinajstić information content (AvgIpc) is 3.11. The molecule has 160 valence electrons. The van der Waals surface area contributed by atoms with Crippen LogP contribution in [0.5, 0.6) is 0 Å². The first kappa shape index (κ1) is 22.3. The molecule has 2 aromatic rings. The average molecular weight is 450 g/mol. The van der Waals surface area contributed by atoms with Crippen LogP contribution in [0.25, 0.3) is 11.1 Å². The van der Waals surface area contributed by atoms with Crippen molar-refractivity contribution in [2.24, 2.45) is 11.8 Å². The molecule has 30 heavy (non-hydrogen) atoms. The van der Waals surface area contributed by atoms with Crippen molar-refractivity contribution in [2.45, 2.75) is 45.6 Å². The van der Waals surface area contributed by atoms with Crippen LogP contribution in [0.4, 0.5) is 5.00 Å². The zero-order valence-corrected chi connectivity index (χ0v) is 18.4. The smallest absolute Gasteiger partial charge is 0.342 e. The van der Waals surface area contributed by atoms with Crippen LogP contribution >= 0.6 is 22.9 Å². The van der Waals surface area contributed by atoms with Gasteiger partial charge in [-0.15, -0.1) is 11.3 Å². The van der Waals surface area contributed by atoms with Gasteiger partial charge in [-0.05, 0) is 44.4 Å². The van der Waals surface area contributed by atoms with Crippen molar-refractivity contribution in [1.82, 2.24) is 0 Å². The quantitative estimate of drug-likeness (QED) is 0.571. The Balaban J connectivity index is 1.93. The highest BCUT2D eigenvalue weighted by Crippen LogP contribution is 2.38. The Bertz CT molecular complexity index is 938. The van der Waals surface area contributed by atoms with Gasteiger partial charge in [0.25, 0.3) is 0 Å². The maximum absolute atomic E-state index is 12.9. The van der Waals surface area contributed by atoms with Gasteiger partial charge in [-0.1, -0.05) is 36.6 Å². The number of rotatable bonds is 6. The number of benzene rings is 1. The predicted octanol–water partition coefficient (Wildman–Crippen LogP) is 5.46. The van der Waals surface area contributed by atoms with Gasteiger partial charge in [-0.2, -0.15) is 0 Å². The van der Waals surface area contributed by atoms with Gasteiger partial charge < -0.3 is 15.2 Å². The summed E-state index contributed by atoms with van der Waals surface area (Å²) in [4.78, 5) is 37.3. The highest BCUT2D eigenvalue weighted by atomic mass is 35.5. The first-order chi connectivity index (χ1) is 14.3. The maximum Gasteiger partial charge on any atom is 0.342 e. The molecule has 0 radical (unpaired) electrons. The van der Waals surface area contributed by atoms with Gasteiger partial charge in [0.05, 0.1) is 17.9 Å². The molecule has 0 aliphatic heterocycles. The first-order valence-corrected chi connectivity index (χ1v) is 11.2. The Kier molecular flexibility index (Phi) is 7.15. The molecule has 1 fully saturated rings. The number of ether oxygens (including phenoxy) is 1. The predicted molar refractivity (Wildman–Crippen MR) is 117 cm³/mol. The second-order valence-electron chi connectivity index (χ2n) is 7.64. The highest BCUT2D eigenvalue weighted by Gasteiger charge is 2.36. The van der Waals surface area contributed by atoms with E-state index in [4.69, 9.17) is 16.3 Å². The minimum Gasteiger partial charge on any atom is -0.481 e. The van der Waals surface area contributed by atoms with Gasteiger partial charge in [-0.3, -0.25) is 9.59 Å². The van der Waals surface area contributed by atoms with Crippen LogP contribution in [0.1, 0.15) is 49.9 Å². The van der Waals surface area contributed by atoms with Gasteiger partial charge in [-0.25, -0.2) is 4.79 Å². The topological polar surface area (TPSA) is 92.7 Å². The molecule has 6 nitrogen and oxygen atoms in total. The Labute approximate surface area is 184 Å². The number of aliphatic carboxylic acids is 1. The fourth-order valence-corrected chi connectivity index (χ4v) is 4.80. The third-order valence-corrected chi connectivity index (χ3v) is 6.30. The molecule has 1 aliphatic carbocycles. The molecule has 2 N–H and O–H groups in total. The van der Waals surface area contributed by atoms with E-state index >= 15 is 0 Å². The van der Waals surface area contributed by atoms with Gasteiger partial charge in [0, 0.05) is 16.0 Å². The molecule has 1 aliphatic rings. The zero-order valence-electron chi connectivity index (χ0n) is 16.8. The van der Waals surface area contributed by atoms with Crippen molar-refractivity contribution in [1.29, 1.82) is 0 Å². The number of hydrogen-bond acceptors (Lipinski definition) is 5. The van der Waals surface area contributed by atoms with E-state index in [0.29, 0.717) is 28.4 Å². The molecule has 1 aromatic carbocycles. The van der Waals surface area contributed by atoms with Crippen LogP contribution in [0.3, 0.4) is 0 Å². The Hall–Kier alpha value is -2.38. The lowest BCUT2D eigenvalue weighted by atomic mass is 9.79. The molecule has 8 heteroatoms. The molecule has 2 atom stereocenters. The number of carboxylic acids is 1. The molecule has 1 heterocycles. The minimum atomic E-state index is -0.956. The van der Waals surface area contributed by atoms with Crippen LogP contribution in [-0.2, 0) is 14.3 Å². The van der Waals surface area contributed by atoms with Crippen LogP contribution in [0.2, 0.25) is 5.02 Å². The van der Waals surface area contributed by atoms with E-state index in [1.165, 1.54) is 11.3 Å². The standard InChI is InChI=1S/C22H24ClNO5S/c1-12(2)29-22(28)18-17(13-7-9-14(23)10-8-13)11-30-20(18)24-19(25)15-5-3-4-6-16(15)21(26)27/h7-12,15-16H,3-6H2,1-2H3,(H,24,25)(H,26,27)/t15-,16-/m0/s1. The van der Waals surface area contributed by atoms with E-state index < -0.39 is 23.8 Å². The monoisotopic (exact) mass is 449 g/mol. The summed E-state index contributed by atoms with van der Waals surface area (Å²) in [6.45, 7) is 3.51. The largest absolute Gasteiger partial charge is 0.481 e. The van der Waals surface area contributed by atoms with Crippen molar-refractivity contribution < 1.29 is 24.2 Å². The molecule has 0 bridgehead atoms. The summed E-state index contributed by atoms with van der Waals surface area (Å²) in [6, 6.07) is 7.04. The van der Waals surface area contributed by atoms with Crippen molar-refractivity contribution in [3.05, 3.63) is 40.2 Å². The number of thiophene rings is 1. The second kappa shape index (κ2) is 9.62. The third-order valence-electron chi connectivity index (χ3n) is 5.15. The van der Waals surface area contributed by atoms with E-state index in [1.54, 1.807) is 43.5 Å². The lowest BCUT2D eigenvalue weighted by molar-refractivity contribution is -0.147. The SMILES string of the molecule is CC(C)OC(=O)c1c(-c2ccc(Cl)cc2)csc1NC(=O)[C@H]1CCCC[C@@H]1C(=O)O. The second-order valence-corrected chi connectivity index (χ2v) is 8.96. The Morgan fingerprint density at radius 3 is 2.37 bits per heavy atom. The van der Waals surface area contributed by atoms with E-state index in [2.05, 4.69) is 5.32 Å². The summed E-state index contributed by atoms with van der Waals surface area (Å²) in [5.41, 5.74) is 1.68. The molecular formula is C22H24ClNO5S. The number of hydrogen-bond donors (Lipinski definition) is 2. The van der Waals surface area contributed by atoms with Crippen molar-refractivity contribution in [3.63, 3.8) is 0 Å². The van der Waals surface area contributed by atoms with Gasteiger partial charge in [0.15, 0.2) is 0 Å². The third kappa shape index (κ3) is 5.02. The molecule has 1 aromatic heterocycles. The maximum atomic E-state index is 12.9. The molecule has 0 saturated heterocycles. The number of carbonyl (C=O) groups is 3. The van der Waals surface area contributed by atoms with Crippen molar-refractivity contribution in [3.8, 4) is 11.1 Å². The normalized spacial score (nSPS) is 18.8. The summed E-state index contributed by atoms with van der Waals surface area (Å²) in [5.74, 6) is -3.19. The summed E-state index contributed by atoms with van der Waals surface area (Å²) < 4.78 is 5.40. The molecule has 1 saturated carbocycles. The van der Waals surface area contributed by atoms with Gasteiger partial charge >= 0.3 is 11.9 Å². The zero-order chi connectivity index (χ0) is 21.8. The van der Waals surface area contributed by atoms with E-state index in [0.717, 1.165) is 18.4 Å². The number of carboxylic acid groups (broad SMARTS) is 1. The number of nitrogens with one attached hydrogen (secondary N) is 1. The fourth-order valence-electron chi connectivity index (χ4n) is 3.71. The first-order valence-electron chi connectivity index (χ1n) is 9.90. The summed E-state index contributed by atoms with van der Waals surface area (Å²) in [7, 11) is 0. The fraction of sp³-hybridized carbons (Fsp3) is 0.409. The lowest BCUT2D eigenvalue weighted by Crippen LogP contribution is -2.36. The number of carbonyl (C=O) groups excluding carboxylic acids is 2. The van der Waals surface area contributed by atoms with Crippen LogP contribution in [-0.4, -0.2) is 29.1 Å². The van der Waals surface area contributed by atoms with Crippen LogP contribution < -0.4 is 5.32 Å². The number of anilines is 1. The summed E-state index contributed by atoms with van der Waals surface area (Å²) in [6.07, 6.45) is 2.28. The Morgan fingerprint density at radius 1 is 1.13 bits per heavy atom. The molecule has 0 spiro atoms. The number of esters is 1. The highest BCUT2D eigenvalue weighted by molar-refractivity contribution is 7.15. The van der Waals surface area contributed by atoms with Gasteiger partial charge in [0.1, 0.15) is 10.6 Å².